The number of benzene rings is 3. The van der Waals surface area contributed by atoms with Crippen LogP contribution in [0.1, 0.15) is 39.0 Å². The maximum Gasteiger partial charge on any atom is 0.186 e. The van der Waals surface area contributed by atoms with E-state index in [0.717, 1.165) is 16.8 Å². The monoisotopic (exact) mass is 544 g/mol. The molecule has 0 radical (unpaired) electrons. The summed E-state index contributed by atoms with van der Waals surface area (Å²) >= 11 is 10.5. The number of hydrogen-bond donors (Lipinski definition) is 3. The molecule has 1 aromatic heterocycles. The molecular weight excluding hydrogens is 519 g/mol. The molecule has 3 aromatic carbocycles. The maximum atomic E-state index is 11.9. The number of aromatic nitrogens is 2. The van der Waals surface area contributed by atoms with Crippen LogP contribution in [0.2, 0.25) is 10.0 Å². The van der Waals surface area contributed by atoms with Gasteiger partial charge in [-0.25, -0.2) is 9.19 Å². The summed E-state index contributed by atoms with van der Waals surface area (Å²) in [7, 11) is 0. The van der Waals surface area contributed by atoms with Gasteiger partial charge in [0.15, 0.2) is 11.1 Å². The molecule has 4 aromatic rings. The van der Waals surface area contributed by atoms with Crippen LogP contribution in [0, 0.1) is 0 Å². The highest BCUT2D eigenvalue weighted by Crippen LogP contribution is 2.36. The minimum Gasteiger partial charge on any atom is -0.386 e. The molecule has 4 rings (SSSR count). The number of hydrogen-bond acceptors (Lipinski definition) is 4. The van der Waals surface area contributed by atoms with Gasteiger partial charge in [0.2, 0.25) is 0 Å². The first-order valence-electron chi connectivity index (χ1n) is 11.1. The Balaban J connectivity index is 1.80. The zero-order chi connectivity index (χ0) is 26.4. The standard InChI is InChI=1S/C27H26Cl2N2O4S/c1-26(2,32)20-13-10-17(14-22(20)36(34)35)16-8-11-18(12-9-16)31-15-23(27(3,4)33)30-25(31)19-6-5-7-21(28)24(19)29/h5-15,32-33H,1-4H3,(H,34,35). The van der Waals surface area contributed by atoms with Gasteiger partial charge in [0.05, 0.1) is 26.2 Å². The summed E-state index contributed by atoms with van der Waals surface area (Å²) in [6.45, 7) is 6.46. The number of rotatable bonds is 6. The molecular formula is C27H26Cl2N2O4S. The lowest BCUT2D eigenvalue weighted by Crippen LogP contribution is -2.18. The SMILES string of the molecule is CC(C)(O)c1cn(-c2ccc(-c3ccc(C(C)(C)O)c(S(=O)O)c3)cc2)c(-c2cccc(Cl)c2Cl)n1. The van der Waals surface area contributed by atoms with Crippen molar-refractivity contribution in [2.75, 3.05) is 0 Å². The molecule has 0 amide bonds. The first-order chi connectivity index (χ1) is 16.8. The fourth-order valence-electron chi connectivity index (χ4n) is 3.90. The van der Waals surface area contributed by atoms with Crippen LogP contribution >= 0.6 is 23.2 Å². The van der Waals surface area contributed by atoms with Crippen molar-refractivity contribution >= 4 is 34.3 Å². The normalized spacial score (nSPS) is 13.1. The van der Waals surface area contributed by atoms with E-state index in [1.807, 2.05) is 34.9 Å². The second-order valence-corrected chi connectivity index (χ2v) is 11.3. The molecule has 188 valence electrons. The first kappa shape index (κ1) is 26.5. The Morgan fingerprint density at radius 3 is 2.11 bits per heavy atom. The lowest BCUT2D eigenvalue weighted by atomic mass is 9.95. The molecule has 0 fully saturated rings. The van der Waals surface area contributed by atoms with Crippen LogP contribution in [0.15, 0.2) is 71.8 Å². The number of imidazole rings is 1. The highest BCUT2D eigenvalue weighted by molar-refractivity contribution is 7.79. The Kier molecular flexibility index (Phi) is 7.18. The van der Waals surface area contributed by atoms with E-state index in [9.17, 15) is 19.0 Å². The fraction of sp³-hybridized carbons (Fsp3) is 0.222. The van der Waals surface area contributed by atoms with Gasteiger partial charge in [0.1, 0.15) is 11.4 Å². The molecule has 36 heavy (non-hydrogen) atoms. The van der Waals surface area contributed by atoms with Gasteiger partial charge in [-0.3, -0.25) is 4.57 Å². The van der Waals surface area contributed by atoms with Crippen molar-refractivity contribution in [2.45, 2.75) is 43.8 Å². The first-order valence-corrected chi connectivity index (χ1v) is 13.0. The van der Waals surface area contributed by atoms with Crippen molar-refractivity contribution in [1.29, 1.82) is 0 Å². The third kappa shape index (κ3) is 5.27. The van der Waals surface area contributed by atoms with Gasteiger partial charge in [0.25, 0.3) is 0 Å². The third-order valence-corrected chi connectivity index (χ3v) is 7.37. The Morgan fingerprint density at radius 2 is 1.53 bits per heavy atom. The molecule has 0 bridgehead atoms. The van der Waals surface area contributed by atoms with Crippen LogP contribution in [0.5, 0.6) is 0 Å². The third-order valence-electron chi connectivity index (χ3n) is 5.83. The summed E-state index contributed by atoms with van der Waals surface area (Å²) in [5.74, 6) is 0.528. The maximum absolute atomic E-state index is 11.9. The highest BCUT2D eigenvalue weighted by Gasteiger charge is 2.25. The predicted octanol–water partition coefficient (Wildman–Crippen LogP) is 6.55. The Labute approximate surface area is 222 Å². The van der Waals surface area contributed by atoms with E-state index in [1.54, 1.807) is 64.2 Å². The molecule has 0 saturated carbocycles. The zero-order valence-electron chi connectivity index (χ0n) is 20.2. The molecule has 0 spiro atoms. The van der Waals surface area contributed by atoms with Crippen molar-refractivity contribution < 1.29 is 19.0 Å². The molecule has 0 aliphatic heterocycles. The fourth-order valence-corrected chi connectivity index (χ4v) is 5.02. The Hall–Kier alpha value is -2.52. The molecule has 1 heterocycles. The van der Waals surface area contributed by atoms with Gasteiger partial charge in [-0.2, -0.15) is 0 Å². The van der Waals surface area contributed by atoms with Crippen LogP contribution in [0.25, 0.3) is 28.2 Å². The largest absolute Gasteiger partial charge is 0.386 e. The summed E-state index contributed by atoms with van der Waals surface area (Å²) in [6.07, 6.45) is 1.76. The van der Waals surface area contributed by atoms with Gasteiger partial charge in [-0.1, -0.05) is 53.5 Å². The van der Waals surface area contributed by atoms with Crippen molar-refractivity contribution in [3.63, 3.8) is 0 Å². The van der Waals surface area contributed by atoms with E-state index >= 15 is 0 Å². The number of nitrogens with zero attached hydrogens (tertiary/aromatic N) is 2. The van der Waals surface area contributed by atoms with Crippen LogP contribution < -0.4 is 0 Å². The number of halogens is 2. The van der Waals surface area contributed by atoms with Crippen molar-refractivity contribution in [3.8, 4) is 28.2 Å². The van der Waals surface area contributed by atoms with Crippen LogP contribution in [-0.4, -0.2) is 28.5 Å². The summed E-state index contributed by atoms with van der Waals surface area (Å²) in [4.78, 5) is 4.82. The smallest absolute Gasteiger partial charge is 0.186 e. The summed E-state index contributed by atoms with van der Waals surface area (Å²) in [6, 6.07) is 17.9. The minimum atomic E-state index is -2.26. The zero-order valence-corrected chi connectivity index (χ0v) is 22.5. The van der Waals surface area contributed by atoms with Gasteiger partial charge in [-0.05, 0) is 69.2 Å². The average Bonchev–Trinajstić information content (AvgIpc) is 3.26. The van der Waals surface area contributed by atoms with E-state index in [2.05, 4.69) is 4.98 Å². The minimum absolute atomic E-state index is 0.159. The molecule has 0 aliphatic rings. The summed E-state index contributed by atoms with van der Waals surface area (Å²) in [5, 5.41) is 21.7. The highest BCUT2D eigenvalue weighted by atomic mass is 35.5. The molecule has 1 unspecified atom stereocenters. The van der Waals surface area contributed by atoms with E-state index in [1.165, 1.54) is 0 Å². The van der Waals surface area contributed by atoms with Gasteiger partial charge < -0.3 is 14.8 Å². The molecule has 3 N–H and O–H groups in total. The topological polar surface area (TPSA) is 95.6 Å². The van der Waals surface area contributed by atoms with Gasteiger partial charge in [-0.15, -0.1) is 0 Å². The van der Waals surface area contributed by atoms with Crippen molar-refractivity contribution in [3.05, 3.63) is 88.2 Å². The summed E-state index contributed by atoms with van der Waals surface area (Å²) in [5.41, 5.74) is 1.37. The second kappa shape index (κ2) is 9.74. The lowest BCUT2D eigenvalue weighted by molar-refractivity contribution is 0.0741. The van der Waals surface area contributed by atoms with E-state index < -0.39 is 22.3 Å². The lowest BCUT2D eigenvalue weighted by Gasteiger charge is -2.21. The molecule has 1 atom stereocenters. The predicted molar refractivity (Wildman–Crippen MR) is 144 cm³/mol. The molecule has 0 saturated heterocycles. The van der Waals surface area contributed by atoms with Crippen molar-refractivity contribution in [2.24, 2.45) is 0 Å². The van der Waals surface area contributed by atoms with E-state index in [-0.39, 0.29) is 4.90 Å². The van der Waals surface area contributed by atoms with Crippen LogP contribution in [0.4, 0.5) is 0 Å². The van der Waals surface area contributed by atoms with Crippen molar-refractivity contribution in [1.82, 2.24) is 9.55 Å². The van der Waals surface area contributed by atoms with Crippen LogP contribution in [-0.2, 0) is 22.3 Å². The van der Waals surface area contributed by atoms with E-state index in [0.29, 0.717) is 32.7 Å². The Morgan fingerprint density at radius 1 is 0.889 bits per heavy atom. The second-order valence-electron chi connectivity index (χ2n) is 9.55. The van der Waals surface area contributed by atoms with Crippen LogP contribution in [0.3, 0.4) is 0 Å². The van der Waals surface area contributed by atoms with Gasteiger partial charge >= 0.3 is 0 Å². The van der Waals surface area contributed by atoms with E-state index in [4.69, 9.17) is 23.2 Å². The quantitative estimate of drug-likeness (QED) is 0.239. The summed E-state index contributed by atoms with van der Waals surface area (Å²) < 4.78 is 23.6. The van der Waals surface area contributed by atoms with Gasteiger partial charge in [0, 0.05) is 23.0 Å². The molecule has 6 nitrogen and oxygen atoms in total. The Bertz CT molecular complexity index is 1450. The molecule has 0 aliphatic carbocycles. The average molecular weight is 545 g/mol. The number of aliphatic hydroxyl groups is 2. The molecule has 9 heteroatoms.